The van der Waals surface area contributed by atoms with Gasteiger partial charge in [0, 0.05) is 11.6 Å². The van der Waals surface area contributed by atoms with Crippen molar-refractivity contribution in [1.29, 1.82) is 0 Å². The first-order valence-electron chi connectivity index (χ1n) is 7.09. The zero-order valence-corrected chi connectivity index (χ0v) is 12.0. The smallest absolute Gasteiger partial charge is 0.249 e. The highest BCUT2D eigenvalue weighted by Crippen LogP contribution is 2.13. The lowest BCUT2D eigenvalue weighted by atomic mass is 10.1. The molecule has 0 bridgehead atoms. The lowest BCUT2D eigenvalue weighted by Gasteiger charge is -2.06. The van der Waals surface area contributed by atoms with E-state index >= 15 is 0 Å². The number of amides is 1. The number of hydrogen-bond acceptors (Lipinski definition) is 3. The SMILES string of the molecule is O=C(Cc1cc2ccccc2cn1)NOCc1ccccc1. The Kier molecular flexibility index (Phi) is 4.41. The molecule has 0 fully saturated rings. The van der Waals surface area contributed by atoms with Crippen molar-refractivity contribution in [2.24, 2.45) is 0 Å². The number of aromatic nitrogens is 1. The van der Waals surface area contributed by atoms with Crippen LogP contribution in [0.2, 0.25) is 0 Å². The van der Waals surface area contributed by atoms with Gasteiger partial charge >= 0.3 is 0 Å². The quantitative estimate of drug-likeness (QED) is 0.735. The number of benzene rings is 2. The van der Waals surface area contributed by atoms with Crippen LogP contribution in [0.5, 0.6) is 0 Å². The first kappa shape index (κ1) is 14.2. The fraction of sp³-hybridized carbons (Fsp3) is 0.111. The van der Waals surface area contributed by atoms with Gasteiger partial charge in [-0.05, 0) is 17.0 Å². The van der Waals surface area contributed by atoms with Crippen LogP contribution in [0.3, 0.4) is 0 Å². The molecule has 1 N–H and O–H groups in total. The molecule has 0 spiro atoms. The van der Waals surface area contributed by atoms with E-state index in [0.717, 1.165) is 22.0 Å². The van der Waals surface area contributed by atoms with Gasteiger partial charge < -0.3 is 0 Å². The molecule has 0 atom stereocenters. The van der Waals surface area contributed by atoms with Crippen molar-refractivity contribution in [2.45, 2.75) is 13.0 Å². The zero-order chi connectivity index (χ0) is 15.2. The molecule has 0 unspecified atom stereocenters. The highest BCUT2D eigenvalue weighted by molar-refractivity contribution is 5.83. The predicted molar refractivity (Wildman–Crippen MR) is 84.8 cm³/mol. The Balaban J connectivity index is 1.54. The van der Waals surface area contributed by atoms with Crippen LogP contribution in [0.15, 0.2) is 66.9 Å². The Morgan fingerprint density at radius 2 is 1.73 bits per heavy atom. The topological polar surface area (TPSA) is 51.2 Å². The summed E-state index contributed by atoms with van der Waals surface area (Å²) in [5.74, 6) is -0.210. The summed E-state index contributed by atoms with van der Waals surface area (Å²) in [5, 5.41) is 2.14. The number of carbonyl (C=O) groups is 1. The van der Waals surface area contributed by atoms with E-state index in [1.807, 2.05) is 60.7 Å². The molecule has 1 amide bonds. The predicted octanol–water partition coefficient (Wildman–Crippen LogP) is 3.03. The maximum absolute atomic E-state index is 11.9. The maximum atomic E-state index is 11.9. The Labute approximate surface area is 128 Å². The standard InChI is InChI=1S/C18H16N2O2/c21-18(20-22-13-14-6-2-1-3-7-14)11-17-10-15-8-4-5-9-16(15)12-19-17/h1-10,12H,11,13H2,(H,20,21). The summed E-state index contributed by atoms with van der Waals surface area (Å²) in [4.78, 5) is 21.4. The molecule has 22 heavy (non-hydrogen) atoms. The van der Waals surface area contributed by atoms with Gasteiger partial charge in [-0.2, -0.15) is 0 Å². The summed E-state index contributed by atoms with van der Waals surface area (Å²) in [6.07, 6.45) is 1.97. The first-order valence-corrected chi connectivity index (χ1v) is 7.09. The van der Waals surface area contributed by atoms with Crippen LogP contribution in [0.1, 0.15) is 11.3 Å². The van der Waals surface area contributed by atoms with E-state index in [2.05, 4.69) is 10.5 Å². The number of carbonyl (C=O) groups excluding carboxylic acids is 1. The number of hydrogen-bond donors (Lipinski definition) is 1. The monoisotopic (exact) mass is 292 g/mol. The van der Waals surface area contributed by atoms with Crippen molar-refractivity contribution >= 4 is 16.7 Å². The molecule has 4 heteroatoms. The van der Waals surface area contributed by atoms with E-state index in [1.54, 1.807) is 6.20 Å². The summed E-state index contributed by atoms with van der Waals surface area (Å²) in [6, 6.07) is 19.5. The minimum Gasteiger partial charge on any atom is -0.272 e. The third kappa shape index (κ3) is 3.68. The van der Waals surface area contributed by atoms with Gasteiger partial charge in [-0.1, -0.05) is 54.6 Å². The highest BCUT2D eigenvalue weighted by Gasteiger charge is 2.05. The summed E-state index contributed by atoms with van der Waals surface area (Å²) in [6.45, 7) is 0.345. The van der Waals surface area contributed by atoms with Gasteiger partial charge in [-0.3, -0.25) is 14.6 Å². The molecule has 0 saturated heterocycles. The molecule has 3 rings (SSSR count). The summed E-state index contributed by atoms with van der Waals surface area (Å²) in [7, 11) is 0. The molecule has 0 aliphatic rings. The minimum absolute atomic E-state index is 0.194. The molecular formula is C18H16N2O2. The second-order valence-electron chi connectivity index (χ2n) is 5.00. The van der Waals surface area contributed by atoms with E-state index in [-0.39, 0.29) is 12.3 Å². The van der Waals surface area contributed by atoms with Crippen LogP contribution in [0.25, 0.3) is 10.8 Å². The number of rotatable bonds is 5. The lowest BCUT2D eigenvalue weighted by molar-refractivity contribution is -0.133. The molecule has 3 aromatic rings. The summed E-state index contributed by atoms with van der Waals surface area (Å²) in [5.41, 5.74) is 4.18. The third-order valence-electron chi connectivity index (χ3n) is 3.30. The van der Waals surface area contributed by atoms with Crippen LogP contribution in [-0.2, 0) is 22.7 Å². The van der Waals surface area contributed by atoms with Crippen LogP contribution in [-0.4, -0.2) is 10.9 Å². The molecule has 0 saturated carbocycles. The van der Waals surface area contributed by atoms with Gasteiger partial charge in [0.2, 0.25) is 5.91 Å². The van der Waals surface area contributed by atoms with Crippen LogP contribution < -0.4 is 5.48 Å². The number of nitrogens with one attached hydrogen (secondary N) is 1. The summed E-state index contributed by atoms with van der Waals surface area (Å²) < 4.78 is 0. The average Bonchev–Trinajstić information content (AvgIpc) is 2.56. The van der Waals surface area contributed by atoms with Crippen molar-refractivity contribution in [3.8, 4) is 0 Å². The molecule has 1 heterocycles. The van der Waals surface area contributed by atoms with Crippen LogP contribution in [0.4, 0.5) is 0 Å². The Bertz CT molecular complexity index is 772. The van der Waals surface area contributed by atoms with E-state index < -0.39 is 0 Å². The molecule has 1 aromatic heterocycles. The van der Waals surface area contributed by atoms with Crippen molar-refractivity contribution in [2.75, 3.05) is 0 Å². The Morgan fingerprint density at radius 1 is 1.00 bits per heavy atom. The van der Waals surface area contributed by atoms with Gasteiger partial charge in [-0.15, -0.1) is 0 Å². The minimum atomic E-state index is -0.210. The second-order valence-corrected chi connectivity index (χ2v) is 5.00. The zero-order valence-electron chi connectivity index (χ0n) is 12.0. The van der Waals surface area contributed by atoms with E-state index in [0.29, 0.717) is 6.61 Å². The molecule has 0 radical (unpaired) electrons. The van der Waals surface area contributed by atoms with Crippen molar-refractivity contribution in [1.82, 2.24) is 10.5 Å². The van der Waals surface area contributed by atoms with E-state index in [1.165, 1.54) is 0 Å². The summed E-state index contributed by atoms with van der Waals surface area (Å²) >= 11 is 0. The van der Waals surface area contributed by atoms with E-state index in [9.17, 15) is 4.79 Å². The molecule has 0 aliphatic carbocycles. The number of nitrogens with zero attached hydrogens (tertiary/aromatic N) is 1. The van der Waals surface area contributed by atoms with Gasteiger partial charge in [0.25, 0.3) is 0 Å². The third-order valence-corrected chi connectivity index (χ3v) is 3.30. The second kappa shape index (κ2) is 6.83. The largest absolute Gasteiger partial charge is 0.272 e. The van der Waals surface area contributed by atoms with Gasteiger partial charge in [-0.25, -0.2) is 5.48 Å². The van der Waals surface area contributed by atoms with Gasteiger partial charge in [0.1, 0.15) is 0 Å². The lowest BCUT2D eigenvalue weighted by Crippen LogP contribution is -2.25. The van der Waals surface area contributed by atoms with Gasteiger partial charge in [0.05, 0.1) is 18.7 Å². The molecule has 110 valence electrons. The molecular weight excluding hydrogens is 276 g/mol. The average molecular weight is 292 g/mol. The van der Waals surface area contributed by atoms with Crippen molar-refractivity contribution in [3.63, 3.8) is 0 Å². The van der Waals surface area contributed by atoms with Crippen LogP contribution >= 0.6 is 0 Å². The molecule has 0 aliphatic heterocycles. The highest BCUT2D eigenvalue weighted by atomic mass is 16.6. The fourth-order valence-corrected chi connectivity index (χ4v) is 2.20. The number of pyridine rings is 1. The fourth-order valence-electron chi connectivity index (χ4n) is 2.20. The number of fused-ring (bicyclic) bond motifs is 1. The normalized spacial score (nSPS) is 10.5. The van der Waals surface area contributed by atoms with Crippen molar-refractivity contribution < 1.29 is 9.63 Å². The Morgan fingerprint density at radius 3 is 2.55 bits per heavy atom. The molecule has 2 aromatic carbocycles. The van der Waals surface area contributed by atoms with Crippen LogP contribution in [0, 0.1) is 0 Å². The first-order chi connectivity index (χ1) is 10.8. The van der Waals surface area contributed by atoms with E-state index in [4.69, 9.17) is 4.84 Å². The maximum Gasteiger partial charge on any atom is 0.249 e. The van der Waals surface area contributed by atoms with Gasteiger partial charge in [0.15, 0.2) is 0 Å². The Hall–Kier alpha value is -2.72. The van der Waals surface area contributed by atoms with Crippen molar-refractivity contribution in [3.05, 3.63) is 78.1 Å². The number of hydroxylamine groups is 1. The molecule has 4 nitrogen and oxygen atoms in total.